The van der Waals surface area contributed by atoms with E-state index in [1.165, 1.54) is 18.5 Å². The molecule has 0 saturated carbocycles. The predicted octanol–water partition coefficient (Wildman–Crippen LogP) is -5.78. The van der Waals surface area contributed by atoms with Gasteiger partial charge in [-0.15, -0.1) is 0 Å². The van der Waals surface area contributed by atoms with Gasteiger partial charge in [0.2, 0.25) is 0 Å². The van der Waals surface area contributed by atoms with Crippen molar-refractivity contribution < 1.29 is 68.9 Å². The summed E-state index contributed by atoms with van der Waals surface area (Å²) in [4.78, 5) is 0. The predicted molar refractivity (Wildman–Crippen MR) is 59.4 cm³/mol. The number of hydrogen-bond acceptors (Lipinski definition) is 1. The molecule has 0 nitrogen and oxygen atoms in total. The summed E-state index contributed by atoms with van der Waals surface area (Å²) >= 11 is 1.18. The van der Waals surface area contributed by atoms with Crippen molar-refractivity contribution in [3.63, 3.8) is 0 Å². The molecule has 0 aromatic rings. The normalized spacial score (nSPS) is 6.64. The molecular formula is B9CsS. The largest absolute Gasteiger partial charge is 1.00 e. The van der Waals surface area contributed by atoms with Crippen LogP contribution in [0.15, 0.2) is 0 Å². The van der Waals surface area contributed by atoms with E-state index in [2.05, 4.69) is 0 Å². The maximum absolute atomic E-state index is 5.12. The molecule has 0 N–H and O–H groups in total. The van der Waals surface area contributed by atoms with Crippen LogP contribution in [0.1, 0.15) is 0 Å². The Hall–Kier alpha value is 2.99. The summed E-state index contributed by atoms with van der Waals surface area (Å²) in [6.45, 7) is 0. The van der Waals surface area contributed by atoms with Gasteiger partial charge in [0.1, 0.15) is 0 Å². The van der Waals surface area contributed by atoms with Gasteiger partial charge in [-0.2, -0.15) is 0 Å². The molecule has 0 aliphatic carbocycles. The third-order valence-electron chi connectivity index (χ3n) is 0.713. The molecule has 0 aromatic carbocycles. The first kappa shape index (κ1) is 16.4. The van der Waals surface area contributed by atoms with Gasteiger partial charge in [0.25, 0.3) is 0 Å². The van der Waals surface area contributed by atoms with Gasteiger partial charge >= 0.3 is 68.9 Å². The Morgan fingerprint density at radius 1 is 1.00 bits per heavy atom. The molecule has 0 amide bonds. The van der Waals surface area contributed by atoms with Gasteiger partial charge in [0.05, 0.1) is 6.45 Å². The van der Waals surface area contributed by atoms with Crippen LogP contribution in [0.3, 0.4) is 0 Å². The Balaban J connectivity index is 0. The summed E-state index contributed by atoms with van der Waals surface area (Å²) in [7, 11) is 20.9. The van der Waals surface area contributed by atoms with Crippen LogP contribution in [-0.2, 0) is 0 Å². The van der Waals surface area contributed by atoms with Gasteiger partial charge in [0.15, 0.2) is 0 Å². The molecule has 0 unspecified atom stereocenters. The molecule has 0 atom stereocenters. The first-order chi connectivity index (χ1) is 4.91. The minimum Gasteiger partial charge on any atom is -0.552 e. The van der Waals surface area contributed by atoms with E-state index in [4.69, 9.17) is 14.9 Å². The fourth-order valence-electron chi connectivity index (χ4n) is 0.347. The van der Waals surface area contributed by atoms with Gasteiger partial charge in [-0.3, -0.25) is 0 Å². The van der Waals surface area contributed by atoms with Gasteiger partial charge in [-0.25, -0.2) is 0 Å². The van der Waals surface area contributed by atoms with E-state index < -0.39 is 0 Å². The van der Waals surface area contributed by atoms with Crippen LogP contribution in [0.4, 0.5) is 0 Å². The molecule has 0 fully saturated rings. The zero-order valence-corrected chi connectivity index (χ0v) is 13.7. The summed E-state index contributed by atoms with van der Waals surface area (Å²) < 4.78 is 0. The molecule has 11 heteroatoms. The van der Waals surface area contributed by atoms with Crippen molar-refractivity contribution in [2.45, 2.75) is 0 Å². The maximum Gasteiger partial charge on any atom is 1.00 e. The topological polar surface area (TPSA) is 0 Å². The molecule has 0 saturated heterocycles. The average molecular weight is 262 g/mol. The van der Waals surface area contributed by atoms with Gasteiger partial charge < -0.3 is 18.6 Å². The number of rotatable bonds is 7. The third kappa shape index (κ3) is 15.7. The fraction of sp³-hybridized carbons (Fsp3) is 0. The Morgan fingerprint density at radius 2 is 1.55 bits per heavy atom. The van der Waals surface area contributed by atoms with Crippen LogP contribution < -0.4 is 68.9 Å². The zero-order chi connectivity index (χ0) is 7.66. The van der Waals surface area contributed by atoms with Crippen molar-refractivity contribution in [2.75, 3.05) is 0 Å². The standard InChI is InChI=1S/B9S.Cs/c1-3-4-5-6-7-8-9-10-2;/q-1;+1. The Labute approximate surface area is 141 Å². The molecule has 34 valence electrons. The van der Waals surface area contributed by atoms with Crippen molar-refractivity contribution in [2.24, 2.45) is 0 Å². The third-order valence-corrected chi connectivity index (χ3v) is 1.03. The van der Waals surface area contributed by atoms with E-state index in [9.17, 15) is 0 Å². The Kier molecular flexibility index (Phi) is 23.1. The SMILES string of the molecule is [B][B][B][B][B][B][B][B]S[B-].[Cs+]. The van der Waals surface area contributed by atoms with Crippen LogP contribution in [0.25, 0.3) is 0 Å². The molecule has 0 heterocycles. The first-order valence-corrected chi connectivity index (χ1v) is 3.75. The first-order valence-electron chi connectivity index (χ1n) is 2.80. The summed E-state index contributed by atoms with van der Waals surface area (Å²) in [6.07, 6.45) is 1.79. The van der Waals surface area contributed by atoms with Crippen LogP contribution in [-0.4, -0.2) is 63.7 Å². The molecule has 12 radical (unpaired) electrons. The summed E-state index contributed by atoms with van der Waals surface area (Å²) in [5.74, 6) is 0. The van der Waals surface area contributed by atoms with E-state index in [0.717, 1.165) is 0 Å². The van der Waals surface area contributed by atoms with Crippen molar-refractivity contribution in [1.82, 2.24) is 0 Å². The van der Waals surface area contributed by atoms with E-state index in [1.807, 2.05) is 28.2 Å². The summed E-state index contributed by atoms with van der Waals surface area (Å²) in [5.41, 5.74) is 0. The zero-order valence-electron chi connectivity index (χ0n) is 6.60. The molecule has 0 rings (SSSR count). The molecule has 0 aromatic heterocycles. The van der Waals surface area contributed by atoms with E-state index in [0.29, 0.717) is 0 Å². The second-order valence-electron chi connectivity index (χ2n) is 1.43. The molecule has 0 spiro atoms. The average Bonchev–Trinajstić information content (AvgIpc) is 1.97. The maximum atomic E-state index is 5.12. The molecule has 0 bridgehead atoms. The summed E-state index contributed by atoms with van der Waals surface area (Å²) in [6, 6.07) is 0. The minimum absolute atomic E-state index is 0. The van der Waals surface area contributed by atoms with Crippen molar-refractivity contribution >= 4 is 75.1 Å². The second kappa shape index (κ2) is 15.5. The van der Waals surface area contributed by atoms with E-state index >= 15 is 0 Å². The monoisotopic (exact) mass is 264 g/mol. The molecular weight excluding hydrogens is 262 g/mol. The van der Waals surface area contributed by atoms with Crippen molar-refractivity contribution in [1.29, 1.82) is 0 Å². The Morgan fingerprint density at radius 3 is 2.09 bits per heavy atom. The Bertz CT molecular complexity index is 49.5. The molecule has 0 aliphatic rings. The smallest absolute Gasteiger partial charge is 0.552 e. The molecule has 0 aliphatic heterocycles. The number of hydrogen-bond donors (Lipinski definition) is 0. The van der Waals surface area contributed by atoms with Crippen LogP contribution in [0, 0.1) is 0 Å². The van der Waals surface area contributed by atoms with E-state index in [1.54, 1.807) is 13.5 Å². The van der Waals surface area contributed by atoms with Crippen LogP contribution >= 0.6 is 11.5 Å². The van der Waals surface area contributed by atoms with Gasteiger partial charge in [-0.1, -0.05) is 0 Å². The minimum atomic E-state index is 0. The van der Waals surface area contributed by atoms with Gasteiger partial charge in [-0.05, 0) is 0 Å². The summed E-state index contributed by atoms with van der Waals surface area (Å²) in [5, 5.41) is 0. The second-order valence-corrected chi connectivity index (χ2v) is 1.97. The van der Waals surface area contributed by atoms with E-state index in [-0.39, 0.29) is 68.9 Å². The van der Waals surface area contributed by atoms with Crippen molar-refractivity contribution in [3.8, 4) is 0 Å². The fourth-order valence-corrected chi connectivity index (χ4v) is 0.529. The van der Waals surface area contributed by atoms with Crippen LogP contribution in [0.5, 0.6) is 0 Å². The van der Waals surface area contributed by atoms with Gasteiger partial charge in [0, 0.05) is 50.1 Å². The quantitative estimate of drug-likeness (QED) is 0.325. The molecule has 11 heavy (non-hydrogen) atoms. The van der Waals surface area contributed by atoms with Crippen molar-refractivity contribution in [3.05, 3.63) is 0 Å². The van der Waals surface area contributed by atoms with Crippen LogP contribution in [0.2, 0.25) is 0 Å².